The van der Waals surface area contributed by atoms with Crippen LogP contribution in [0.2, 0.25) is 0 Å². The fourth-order valence-electron chi connectivity index (χ4n) is 0. The van der Waals surface area contributed by atoms with Crippen molar-refractivity contribution < 1.29 is 73.3 Å². The van der Waals surface area contributed by atoms with Gasteiger partial charge in [0.25, 0.3) is 0 Å². The summed E-state index contributed by atoms with van der Waals surface area (Å²) in [6.07, 6.45) is 0. The molecule has 0 heterocycles. The van der Waals surface area contributed by atoms with Crippen LogP contribution < -0.4 is 0 Å². The molecule has 0 rings (SSSR count). The topological polar surface area (TPSA) is 224 Å². The summed E-state index contributed by atoms with van der Waals surface area (Å²) in [5, 5.41) is 14.8. The summed E-state index contributed by atoms with van der Waals surface area (Å²) in [7, 11) is 0. The van der Waals surface area contributed by atoms with Gasteiger partial charge in [-0.3, -0.25) is 0 Å². The van der Waals surface area contributed by atoms with Crippen molar-refractivity contribution in [3.63, 3.8) is 0 Å². The minimum absolute atomic E-state index is 0. The Morgan fingerprint density at radius 1 is 0.800 bits per heavy atom. The van der Waals surface area contributed by atoms with Crippen molar-refractivity contribution in [3.8, 4) is 0 Å². The largest absolute Gasteiger partial charge is 0.412 e. The zero-order chi connectivity index (χ0) is 3.58. The molecule has 0 aliphatic heterocycles. The molecule has 0 fully saturated rings. The van der Waals surface area contributed by atoms with E-state index in [4.69, 9.17) is 15.3 Å². The van der Waals surface area contributed by atoms with Crippen LogP contribution in [0.15, 0.2) is 0 Å². The van der Waals surface area contributed by atoms with E-state index in [1.165, 1.54) is 0 Å². The standard InChI is InChI=1S/NO3.Nd.5H2O/c2-1(3)4;;;;;;/h;;5*1H2/q-1;;;;;;. The van der Waals surface area contributed by atoms with Crippen LogP contribution >= 0.6 is 0 Å². The van der Waals surface area contributed by atoms with Gasteiger partial charge in [-0.05, 0) is 0 Å². The van der Waals surface area contributed by atoms with Crippen LogP contribution in [0.25, 0.3) is 0 Å². The fraction of sp³-hybridized carbons (Fsp3) is 0. The second-order valence-corrected chi connectivity index (χ2v) is 0.224. The van der Waals surface area contributed by atoms with Gasteiger partial charge in [-0.1, -0.05) is 0 Å². The molecule has 0 aromatic carbocycles. The number of nitrogens with zero attached hydrogens (tertiary/aromatic N) is 1. The van der Waals surface area contributed by atoms with Gasteiger partial charge >= 0.3 is 0 Å². The van der Waals surface area contributed by atoms with E-state index in [-0.39, 0.29) is 68.2 Å². The third-order valence-corrected chi connectivity index (χ3v) is 0. The average Bonchev–Trinajstić information content (AvgIpc) is 0.811. The Morgan fingerprint density at radius 3 is 0.800 bits per heavy atom. The Labute approximate surface area is 88.2 Å². The van der Waals surface area contributed by atoms with Crippen molar-refractivity contribution >= 4 is 0 Å². The molecule has 0 aliphatic carbocycles. The molecular weight excluding hydrogens is 286 g/mol. The van der Waals surface area contributed by atoms with Gasteiger partial charge in [0.05, 0.1) is 5.09 Å². The molecule has 9 nitrogen and oxygen atoms in total. The molecule has 0 aromatic rings. The van der Waals surface area contributed by atoms with Crippen LogP contribution in [0, 0.1) is 56.2 Å². The van der Waals surface area contributed by atoms with Gasteiger partial charge in [0.1, 0.15) is 0 Å². The molecule has 10 heavy (non-hydrogen) atoms. The van der Waals surface area contributed by atoms with Gasteiger partial charge in [0.15, 0.2) is 0 Å². The van der Waals surface area contributed by atoms with Crippen molar-refractivity contribution in [2.24, 2.45) is 0 Å². The van der Waals surface area contributed by atoms with Crippen molar-refractivity contribution in [1.82, 2.24) is 0 Å². The minimum atomic E-state index is -1.75. The summed E-state index contributed by atoms with van der Waals surface area (Å²) < 4.78 is 0. The predicted molar refractivity (Wildman–Crippen MR) is 28.4 cm³/mol. The molecule has 0 spiro atoms. The second-order valence-electron chi connectivity index (χ2n) is 0.224. The van der Waals surface area contributed by atoms with Gasteiger partial charge in [-0.25, -0.2) is 0 Å². The molecule has 10 N–H and O–H groups in total. The van der Waals surface area contributed by atoms with E-state index in [2.05, 4.69) is 0 Å². The van der Waals surface area contributed by atoms with E-state index in [1.807, 2.05) is 0 Å². The third-order valence-electron chi connectivity index (χ3n) is 0. The summed E-state index contributed by atoms with van der Waals surface area (Å²) in [6, 6.07) is 0. The molecule has 0 atom stereocenters. The molecule has 0 radical (unpaired) electrons. The van der Waals surface area contributed by atoms with Gasteiger partial charge in [0, 0.05) is 40.8 Å². The summed E-state index contributed by atoms with van der Waals surface area (Å²) in [5.41, 5.74) is 0. The molecule has 10 heteroatoms. The van der Waals surface area contributed by atoms with Gasteiger partial charge in [-0.2, -0.15) is 0 Å². The molecule has 0 saturated heterocycles. The Balaban J connectivity index is -0.00000000300. The normalized spacial score (nSPS) is 2.40. The van der Waals surface area contributed by atoms with E-state index in [9.17, 15) is 0 Å². The molecule has 0 saturated carbocycles. The maximum atomic E-state index is 8.25. The minimum Gasteiger partial charge on any atom is -0.412 e. The SMILES string of the molecule is O.O.O.O.O.O=[N+]([O-])[O-].[Nd]. The third kappa shape index (κ3) is 3670. The molecular formula is H10NNdO8-. The van der Waals surface area contributed by atoms with Crippen LogP contribution in [0.5, 0.6) is 0 Å². The number of hydrogen-bond donors (Lipinski definition) is 0. The Morgan fingerprint density at radius 2 is 0.800 bits per heavy atom. The van der Waals surface area contributed by atoms with Crippen molar-refractivity contribution in [2.75, 3.05) is 0 Å². The predicted octanol–water partition coefficient (Wildman–Crippen LogP) is -4.36. The van der Waals surface area contributed by atoms with Crippen LogP contribution in [-0.4, -0.2) is 32.5 Å². The quantitative estimate of drug-likeness (QED) is 0.319. The first-order valence-corrected chi connectivity index (χ1v) is 0.548. The molecule has 68 valence electrons. The smallest absolute Gasteiger partial charge is 0.0689 e. The average molecular weight is 296 g/mol. The van der Waals surface area contributed by atoms with Gasteiger partial charge in [-0.15, -0.1) is 0 Å². The van der Waals surface area contributed by atoms with Gasteiger partial charge in [0.2, 0.25) is 0 Å². The van der Waals surface area contributed by atoms with Crippen molar-refractivity contribution in [3.05, 3.63) is 15.3 Å². The zero-order valence-corrected chi connectivity index (χ0v) is 7.88. The fourth-order valence-corrected chi connectivity index (χ4v) is 0. The summed E-state index contributed by atoms with van der Waals surface area (Å²) >= 11 is 0. The molecule has 0 amide bonds. The van der Waals surface area contributed by atoms with Crippen LogP contribution in [-0.2, 0) is 0 Å². The monoisotopic (exact) mass is 294 g/mol. The molecule has 0 unspecified atom stereocenters. The summed E-state index contributed by atoms with van der Waals surface area (Å²) in [4.78, 5) is 8.25. The summed E-state index contributed by atoms with van der Waals surface area (Å²) in [6.45, 7) is 0. The van der Waals surface area contributed by atoms with Crippen LogP contribution in [0.1, 0.15) is 0 Å². The first-order valence-electron chi connectivity index (χ1n) is 0.548. The first-order chi connectivity index (χ1) is 1.73. The second kappa shape index (κ2) is 58.1. The van der Waals surface area contributed by atoms with E-state index < -0.39 is 5.09 Å². The number of rotatable bonds is 0. The van der Waals surface area contributed by atoms with Crippen molar-refractivity contribution in [2.45, 2.75) is 0 Å². The van der Waals surface area contributed by atoms with E-state index >= 15 is 0 Å². The maximum Gasteiger partial charge on any atom is 0.0689 e. The Bertz CT molecular complexity index is 32.2. The molecule has 0 bridgehead atoms. The van der Waals surface area contributed by atoms with Gasteiger partial charge < -0.3 is 42.7 Å². The van der Waals surface area contributed by atoms with Crippen LogP contribution in [0.4, 0.5) is 0 Å². The van der Waals surface area contributed by atoms with Crippen molar-refractivity contribution in [1.29, 1.82) is 0 Å². The van der Waals surface area contributed by atoms with Crippen LogP contribution in [0.3, 0.4) is 0 Å². The summed E-state index contributed by atoms with van der Waals surface area (Å²) in [5.74, 6) is 0. The Kier molecular flexibility index (Phi) is 468. The van der Waals surface area contributed by atoms with E-state index in [0.717, 1.165) is 0 Å². The zero-order valence-electron chi connectivity index (χ0n) is 4.67. The molecule has 0 aromatic heterocycles. The first kappa shape index (κ1) is 80.6. The number of hydrogen-bond acceptors (Lipinski definition) is 3. The van der Waals surface area contributed by atoms with E-state index in [0.29, 0.717) is 0 Å². The molecule has 0 aliphatic rings. The Hall–Kier alpha value is 0.351. The van der Waals surface area contributed by atoms with E-state index in [1.54, 1.807) is 0 Å². The maximum absolute atomic E-state index is 8.25.